The van der Waals surface area contributed by atoms with Gasteiger partial charge < -0.3 is 24.9 Å². The van der Waals surface area contributed by atoms with Crippen LogP contribution in [0.15, 0.2) is 11.6 Å². The number of allylic oxidation sites excluding steroid dienone is 1. The van der Waals surface area contributed by atoms with Crippen LogP contribution >= 0.6 is 0 Å². The molecule has 2 aliphatic heterocycles. The maximum absolute atomic E-state index is 14.0. The van der Waals surface area contributed by atoms with E-state index in [9.17, 15) is 14.7 Å². The number of carboxylic acid groups (broad SMARTS) is 1. The highest BCUT2D eigenvalue weighted by Gasteiger charge is 2.86. The Bertz CT molecular complexity index is 1090. The van der Waals surface area contributed by atoms with Crippen molar-refractivity contribution >= 4 is 12.3 Å². The van der Waals surface area contributed by atoms with Crippen molar-refractivity contribution in [2.75, 3.05) is 32.7 Å². The number of carbonyl (C=O) groups is 2. The fourth-order valence-electron chi connectivity index (χ4n) is 12.8. The monoisotopic (exact) mass is 594 g/mol. The van der Waals surface area contributed by atoms with Crippen molar-refractivity contribution in [3.05, 3.63) is 11.6 Å². The summed E-state index contributed by atoms with van der Waals surface area (Å²) in [6.07, 6.45) is 18.8. The molecule has 4 bridgehead atoms. The third-order valence-corrected chi connectivity index (χ3v) is 14.5. The van der Waals surface area contributed by atoms with Gasteiger partial charge in [0.2, 0.25) is 0 Å². The zero-order valence-electron chi connectivity index (χ0n) is 27.2. The van der Waals surface area contributed by atoms with E-state index in [1.165, 1.54) is 70.7 Å². The summed E-state index contributed by atoms with van der Waals surface area (Å²) in [5.41, 5.74) is -1.42. The van der Waals surface area contributed by atoms with Gasteiger partial charge in [-0.15, -0.1) is 0 Å². The van der Waals surface area contributed by atoms with Crippen LogP contribution in [-0.2, 0) is 14.3 Å². The van der Waals surface area contributed by atoms with Crippen LogP contribution in [0.25, 0.3) is 0 Å². The molecule has 10 atom stereocenters. The molecule has 43 heavy (non-hydrogen) atoms. The number of likely N-dealkylation sites (tertiary alicyclic amines) is 1. The third-order valence-electron chi connectivity index (χ3n) is 14.5. The van der Waals surface area contributed by atoms with Gasteiger partial charge in [0.15, 0.2) is 0 Å². The van der Waals surface area contributed by atoms with E-state index in [2.05, 4.69) is 37.1 Å². The molecule has 0 aromatic heterocycles. The minimum absolute atomic E-state index is 0.100. The fraction of sp³-hybridized carbons (Fsp3) is 0.892. The van der Waals surface area contributed by atoms with E-state index in [1.54, 1.807) is 0 Å². The van der Waals surface area contributed by atoms with Gasteiger partial charge in [0.05, 0.1) is 17.6 Å². The second kappa shape index (κ2) is 11.5. The smallest absolute Gasteiger partial charge is 0.315 e. The molecule has 4 saturated carbocycles. The lowest BCUT2D eigenvalue weighted by Gasteiger charge is -2.60. The summed E-state index contributed by atoms with van der Waals surface area (Å²) in [4.78, 5) is 30.2. The lowest BCUT2D eigenvalue weighted by molar-refractivity contribution is -0.197. The standard InChI is InChI=1S/C37H58N2O4/c1-24(2)31-19-28-20-35(23-40)30-12-11-25(3)29(30)21-36(28,37(31,35)34(41)42)33-18-27(17-26-9-5-6-10-26)32(43-33)22-38-13-16-39-14-7-4-8-15-39/h19,23-30,32-33,38H,4-18,20-22H2,1-3H3,(H,41,42)/t25-,27-,28?,29-,30-,32+,33-,35?,36?,37+/m1/s1. The highest BCUT2D eigenvalue weighted by atomic mass is 16.5. The third kappa shape index (κ3) is 4.34. The van der Waals surface area contributed by atoms with Crippen LogP contribution in [0, 0.1) is 57.7 Å². The van der Waals surface area contributed by atoms with Gasteiger partial charge in [-0.2, -0.15) is 0 Å². The minimum atomic E-state index is -1.13. The zero-order valence-corrected chi connectivity index (χ0v) is 27.2. The number of aliphatic carboxylic acids is 1. The summed E-state index contributed by atoms with van der Waals surface area (Å²) in [5.74, 6) is 1.86. The summed E-state index contributed by atoms with van der Waals surface area (Å²) in [7, 11) is 0. The molecule has 0 aromatic rings. The number of carboxylic acids is 1. The van der Waals surface area contributed by atoms with Crippen molar-refractivity contribution < 1.29 is 19.4 Å². The fourth-order valence-corrected chi connectivity index (χ4v) is 12.8. The molecular formula is C37H58N2O4. The van der Waals surface area contributed by atoms with Crippen LogP contribution in [0.3, 0.4) is 0 Å². The van der Waals surface area contributed by atoms with Crippen molar-refractivity contribution in [2.45, 2.75) is 116 Å². The summed E-state index contributed by atoms with van der Waals surface area (Å²) >= 11 is 0. The first-order chi connectivity index (χ1) is 20.8. The average Bonchev–Trinajstić information content (AvgIpc) is 3.81. The molecule has 0 aromatic carbocycles. The van der Waals surface area contributed by atoms with Crippen LogP contribution < -0.4 is 5.32 Å². The molecule has 7 aliphatic rings. The lowest BCUT2D eigenvalue weighted by atomic mass is 9.41. The van der Waals surface area contributed by atoms with E-state index >= 15 is 0 Å². The van der Waals surface area contributed by atoms with Gasteiger partial charge in [-0.1, -0.05) is 70.9 Å². The van der Waals surface area contributed by atoms with E-state index in [-0.39, 0.29) is 30.0 Å². The van der Waals surface area contributed by atoms with Gasteiger partial charge in [0.1, 0.15) is 11.7 Å². The molecule has 0 amide bonds. The predicted octanol–water partition coefficient (Wildman–Crippen LogP) is 6.34. The molecule has 0 spiro atoms. The Balaban J connectivity index is 1.21. The molecule has 6 nitrogen and oxygen atoms in total. The molecule has 240 valence electrons. The normalized spacial score (nSPS) is 46.0. The van der Waals surface area contributed by atoms with Gasteiger partial charge in [-0.05, 0) is 99.5 Å². The first kappa shape index (κ1) is 30.4. The molecule has 3 unspecified atom stereocenters. The van der Waals surface area contributed by atoms with E-state index in [0.717, 1.165) is 56.8 Å². The van der Waals surface area contributed by atoms with Crippen LogP contribution in [0.1, 0.15) is 104 Å². The Morgan fingerprint density at radius 1 is 1.12 bits per heavy atom. The van der Waals surface area contributed by atoms with Gasteiger partial charge in [0, 0.05) is 25.0 Å². The maximum atomic E-state index is 14.0. The van der Waals surface area contributed by atoms with E-state index in [0.29, 0.717) is 24.2 Å². The average molecular weight is 595 g/mol. The van der Waals surface area contributed by atoms with Gasteiger partial charge in [-0.3, -0.25) is 4.79 Å². The highest BCUT2D eigenvalue weighted by Crippen LogP contribution is 2.84. The van der Waals surface area contributed by atoms with Crippen molar-refractivity contribution in [2.24, 2.45) is 57.7 Å². The number of aldehydes is 1. The van der Waals surface area contributed by atoms with Crippen LogP contribution in [0.2, 0.25) is 0 Å². The maximum Gasteiger partial charge on any atom is 0.315 e. The quantitative estimate of drug-likeness (QED) is 0.165. The number of hydrogen-bond acceptors (Lipinski definition) is 5. The number of fused-ring (bicyclic) bond motifs is 2. The molecular weight excluding hydrogens is 536 g/mol. The molecule has 2 heterocycles. The minimum Gasteiger partial charge on any atom is -0.481 e. The first-order valence-electron chi connectivity index (χ1n) is 18.3. The molecule has 0 radical (unpaired) electrons. The largest absolute Gasteiger partial charge is 0.481 e. The Morgan fingerprint density at radius 2 is 1.88 bits per heavy atom. The van der Waals surface area contributed by atoms with Crippen LogP contribution in [0.5, 0.6) is 0 Å². The predicted molar refractivity (Wildman–Crippen MR) is 169 cm³/mol. The van der Waals surface area contributed by atoms with Crippen molar-refractivity contribution in [1.82, 2.24) is 10.2 Å². The summed E-state index contributed by atoms with van der Waals surface area (Å²) in [6, 6.07) is 0. The van der Waals surface area contributed by atoms with Crippen LogP contribution in [-0.4, -0.2) is 67.2 Å². The highest BCUT2D eigenvalue weighted by molar-refractivity contribution is 5.90. The summed E-state index contributed by atoms with van der Waals surface area (Å²) in [6.45, 7) is 12.1. The SMILES string of the molecule is CC(C)C1=CC2CC3(C=O)[C@@H]4CC[C@@H](C)[C@H]4CC2([C@H]2C[C@@H](CC4CCCC4)[C@H](CNCCN4CCCCC4)O2)[C@]13C(=O)O. The molecule has 6 heteroatoms. The second-order valence-electron chi connectivity index (χ2n) is 16.5. The Kier molecular flexibility index (Phi) is 8.15. The summed E-state index contributed by atoms with van der Waals surface area (Å²) < 4.78 is 7.31. The number of ether oxygens (including phenoxy) is 1. The topological polar surface area (TPSA) is 78.9 Å². The molecule has 2 N–H and O–H groups in total. The van der Waals surface area contributed by atoms with Gasteiger partial charge in [0.25, 0.3) is 0 Å². The molecule has 6 fully saturated rings. The summed E-state index contributed by atoms with van der Waals surface area (Å²) in [5, 5.41) is 15.3. The van der Waals surface area contributed by atoms with Crippen molar-refractivity contribution in [3.63, 3.8) is 0 Å². The molecule has 2 saturated heterocycles. The number of hydrogen-bond donors (Lipinski definition) is 2. The number of carbonyl (C=O) groups excluding carboxylic acids is 1. The van der Waals surface area contributed by atoms with Gasteiger partial charge in [-0.25, -0.2) is 0 Å². The van der Waals surface area contributed by atoms with E-state index in [1.807, 2.05) is 0 Å². The zero-order chi connectivity index (χ0) is 30.0. The first-order valence-corrected chi connectivity index (χ1v) is 18.3. The second-order valence-corrected chi connectivity index (χ2v) is 16.5. The van der Waals surface area contributed by atoms with Gasteiger partial charge >= 0.3 is 5.97 Å². The van der Waals surface area contributed by atoms with Crippen molar-refractivity contribution in [1.29, 1.82) is 0 Å². The van der Waals surface area contributed by atoms with Crippen LogP contribution in [0.4, 0.5) is 0 Å². The Labute approximate surface area is 260 Å². The number of piperidine rings is 1. The molecule has 5 aliphatic carbocycles. The van der Waals surface area contributed by atoms with Crippen molar-refractivity contribution in [3.8, 4) is 0 Å². The van der Waals surface area contributed by atoms with E-state index < -0.39 is 22.2 Å². The lowest BCUT2D eigenvalue weighted by Crippen LogP contribution is -2.65. The number of nitrogens with zero attached hydrogens (tertiary/aromatic N) is 1. The number of nitrogens with one attached hydrogen (secondary N) is 1. The Morgan fingerprint density at radius 3 is 2.58 bits per heavy atom. The number of rotatable bonds is 11. The van der Waals surface area contributed by atoms with E-state index in [4.69, 9.17) is 4.74 Å². The molecule has 7 rings (SSSR count). The Hall–Kier alpha value is -1.24.